The fraction of sp³-hybridized carbons (Fsp3) is 0.259. The van der Waals surface area contributed by atoms with E-state index in [0.717, 1.165) is 17.4 Å². The van der Waals surface area contributed by atoms with Gasteiger partial charge >= 0.3 is 6.09 Å². The van der Waals surface area contributed by atoms with Crippen molar-refractivity contribution in [2.75, 3.05) is 32.6 Å². The van der Waals surface area contributed by atoms with E-state index in [0.29, 0.717) is 17.9 Å². The fourth-order valence-electron chi connectivity index (χ4n) is 3.45. The smallest absolute Gasteiger partial charge is 0.407 e. The molecule has 11 heteroatoms. The zero-order chi connectivity index (χ0) is 27.5. The van der Waals surface area contributed by atoms with Crippen molar-refractivity contribution in [2.45, 2.75) is 13.0 Å². The molecule has 0 unspecified atom stereocenters. The summed E-state index contributed by atoms with van der Waals surface area (Å²) in [4.78, 5) is 24.1. The minimum Gasteiger partial charge on any atom is -0.493 e. The van der Waals surface area contributed by atoms with Crippen LogP contribution in [0.25, 0.3) is 11.1 Å². The molecule has 0 spiro atoms. The molecule has 0 radical (unpaired) electrons. The minimum atomic E-state index is -3.71. The Hall–Kier alpha value is -4.09. The van der Waals surface area contributed by atoms with Crippen molar-refractivity contribution in [1.29, 1.82) is 0 Å². The molecule has 0 bridgehead atoms. The van der Waals surface area contributed by atoms with Crippen LogP contribution in [0.1, 0.15) is 28.9 Å². The normalized spacial score (nSPS) is 11.8. The largest absolute Gasteiger partial charge is 0.493 e. The standard InChI is InChI=1S/C27H30N2O8S/c1-3-35-25-17-21(11-14-23(25)26(31)29-38(2,33)34)19-9-12-22(13-10-19)36-15-16-37-27(32)28-18-24(30)20-7-5-4-6-8-20/h4-14,17,24,30H,3,15-16,18H2,1-2H3,(H,28,32)(H,29,31)/t24-/m0/s1. The number of aliphatic hydroxyl groups is 1. The molecule has 0 aliphatic heterocycles. The van der Waals surface area contributed by atoms with Crippen LogP contribution < -0.4 is 19.5 Å². The summed E-state index contributed by atoms with van der Waals surface area (Å²) in [6.45, 7) is 2.23. The number of ether oxygens (including phenoxy) is 3. The van der Waals surface area contributed by atoms with E-state index in [-0.39, 0.29) is 31.1 Å². The van der Waals surface area contributed by atoms with Crippen molar-refractivity contribution < 1.29 is 37.3 Å². The Morgan fingerprint density at radius 2 is 1.61 bits per heavy atom. The van der Waals surface area contributed by atoms with E-state index in [1.807, 2.05) is 22.9 Å². The number of hydrogen-bond acceptors (Lipinski definition) is 8. The molecule has 0 aliphatic carbocycles. The summed E-state index contributed by atoms with van der Waals surface area (Å²) in [5, 5.41) is 12.6. The number of sulfonamides is 1. The lowest BCUT2D eigenvalue weighted by Gasteiger charge is -2.13. The number of rotatable bonds is 12. The highest BCUT2D eigenvalue weighted by atomic mass is 32.2. The first-order valence-corrected chi connectivity index (χ1v) is 13.7. The Balaban J connectivity index is 1.49. The topological polar surface area (TPSA) is 140 Å². The number of amides is 2. The van der Waals surface area contributed by atoms with Gasteiger partial charge in [0.15, 0.2) is 0 Å². The highest BCUT2D eigenvalue weighted by molar-refractivity contribution is 7.89. The van der Waals surface area contributed by atoms with E-state index < -0.39 is 28.1 Å². The first kappa shape index (κ1) is 28.5. The Morgan fingerprint density at radius 3 is 2.26 bits per heavy atom. The maximum Gasteiger partial charge on any atom is 0.407 e. The maximum absolute atomic E-state index is 12.3. The number of carbonyl (C=O) groups excluding carboxylic acids is 2. The van der Waals surface area contributed by atoms with Crippen LogP contribution in [0.3, 0.4) is 0 Å². The van der Waals surface area contributed by atoms with Gasteiger partial charge in [0, 0.05) is 0 Å². The quantitative estimate of drug-likeness (QED) is 0.296. The van der Waals surface area contributed by atoms with Gasteiger partial charge in [-0.25, -0.2) is 17.9 Å². The van der Waals surface area contributed by atoms with E-state index >= 15 is 0 Å². The molecule has 10 nitrogen and oxygen atoms in total. The van der Waals surface area contributed by atoms with Gasteiger partial charge in [-0.3, -0.25) is 4.79 Å². The summed E-state index contributed by atoms with van der Waals surface area (Å²) < 4.78 is 41.0. The second kappa shape index (κ2) is 13.5. The highest BCUT2D eigenvalue weighted by Crippen LogP contribution is 2.29. The van der Waals surface area contributed by atoms with Gasteiger partial charge in [-0.15, -0.1) is 0 Å². The second-order valence-electron chi connectivity index (χ2n) is 8.16. The van der Waals surface area contributed by atoms with Crippen LogP contribution >= 0.6 is 0 Å². The van der Waals surface area contributed by atoms with Gasteiger partial charge in [-0.2, -0.15) is 0 Å². The fourth-order valence-corrected chi connectivity index (χ4v) is 3.90. The molecule has 1 atom stereocenters. The zero-order valence-corrected chi connectivity index (χ0v) is 21.9. The SMILES string of the molecule is CCOc1cc(-c2ccc(OCCOC(=O)NC[C@H](O)c3ccccc3)cc2)ccc1C(=O)NS(C)(=O)=O. The third kappa shape index (κ3) is 8.79. The molecule has 0 saturated carbocycles. The van der Waals surface area contributed by atoms with Gasteiger partial charge in [0.2, 0.25) is 10.0 Å². The van der Waals surface area contributed by atoms with Gasteiger partial charge < -0.3 is 24.6 Å². The van der Waals surface area contributed by atoms with Crippen molar-refractivity contribution in [3.05, 3.63) is 83.9 Å². The van der Waals surface area contributed by atoms with Gasteiger partial charge in [-0.1, -0.05) is 48.5 Å². The van der Waals surface area contributed by atoms with Crippen LogP contribution in [0.2, 0.25) is 0 Å². The Labute approximate surface area is 221 Å². The first-order valence-electron chi connectivity index (χ1n) is 11.8. The van der Waals surface area contributed by atoms with Crippen molar-refractivity contribution in [3.63, 3.8) is 0 Å². The number of nitrogens with one attached hydrogen (secondary N) is 2. The van der Waals surface area contributed by atoms with Crippen molar-refractivity contribution in [1.82, 2.24) is 10.0 Å². The third-order valence-electron chi connectivity index (χ3n) is 5.20. The molecule has 3 rings (SSSR count). The Morgan fingerprint density at radius 1 is 0.921 bits per heavy atom. The molecule has 3 aromatic carbocycles. The van der Waals surface area contributed by atoms with Gasteiger partial charge in [0.05, 0.1) is 31.1 Å². The number of benzene rings is 3. The summed E-state index contributed by atoms with van der Waals surface area (Å²) >= 11 is 0. The summed E-state index contributed by atoms with van der Waals surface area (Å²) in [7, 11) is -3.71. The van der Waals surface area contributed by atoms with Gasteiger partial charge in [0.25, 0.3) is 5.91 Å². The molecular formula is C27H30N2O8S. The number of hydrogen-bond donors (Lipinski definition) is 3. The predicted octanol–water partition coefficient (Wildman–Crippen LogP) is 3.28. The van der Waals surface area contributed by atoms with Gasteiger partial charge in [0.1, 0.15) is 24.7 Å². The lowest BCUT2D eigenvalue weighted by molar-refractivity contribution is 0.0978. The molecule has 0 aliphatic rings. The number of aliphatic hydroxyl groups excluding tert-OH is 1. The van der Waals surface area contributed by atoms with Crippen LogP contribution in [-0.4, -0.2) is 58.1 Å². The third-order valence-corrected chi connectivity index (χ3v) is 5.76. The predicted molar refractivity (Wildman–Crippen MR) is 142 cm³/mol. The molecule has 0 saturated heterocycles. The monoisotopic (exact) mass is 542 g/mol. The lowest BCUT2D eigenvalue weighted by atomic mass is 10.0. The first-order chi connectivity index (χ1) is 18.2. The lowest BCUT2D eigenvalue weighted by Crippen LogP contribution is -2.30. The zero-order valence-electron chi connectivity index (χ0n) is 21.0. The molecule has 0 heterocycles. The molecule has 0 aromatic heterocycles. The maximum atomic E-state index is 12.3. The van der Waals surface area contributed by atoms with Crippen LogP contribution in [0.4, 0.5) is 4.79 Å². The summed E-state index contributed by atoms with van der Waals surface area (Å²) in [6.07, 6.45) is -0.579. The Bertz CT molecular complexity index is 1330. The number of carbonyl (C=O) groups is 2. The van der Waals surface area contributed by atoms with Crippen LogP contribution in [-0.2, 0) is 14.8 Å². The highest BCUT2D eigenvalue weighted by Gasteiger charge is 2.17. The average molecular weight is 543 g/mol. The number of alkyl carbamates (subject to hydrolysis) is 1. The Kier molecular flexibility index (Phi) is 10.1. The van der Waals surface area contributed by atoms with Crippen LogP contribution in [0, 0.1) is 0 Å². The molecule has 38 heavy (non-hydrogen) atoms. The van der Waals surface area contributed by atoms with Crippen LogP contribution in [0.15, 0.2) is 72.8 Å². The molecule has 2 amide bonds. The summed E-state index contributed by atoms with van der Waals surface area (Å²) in [6, 6.07) is 21.0. The summed E-state index contributed by atoms with van der Waals surface area (Å²) in [5.74, 6) is 0.0548. The molecular weight excluding hydrogens is 512 g/mol. The molecule has 202 valence electrons. The van der Waals surface area contributed by atoms with E-state index in [1.54, 1.807) is 55.5 Å². The second-order valence-corrected chi connectivity index (χ2v) is 9.91. The van der Waals surface area contributed by atoms with Gasteiger partial charge in [-0.05, 0) is 47.9 Å². The summed E-state index contributed by atoms with van der Waals surface area (Å²) in [5.41, 5.74) is 2.39. The molecule has 0 fully saturated rings. The molecule has 3 aromatic rings. The van der Waals surface area contributed by atoms with Crippen LogP contribution in [0.5, 0.6) is 11.5 Å². The van der Waals surface area contributed by atoms with Crippen molar-refractivity contribution in [3.8, 4) is 22.6 Å². The van der Waals surface area contributed by atoms with Crippen molar-refractivity contribution in [2.24, 2.45) is 0 Å². The molecule has 3 N–H and O–H groups in total. The van der Waals surface area contributed by atoms with E-state index in [4.69, 9.17) is 14.2 Å². The van der Waals surface area contributed by atoms with Crippen molar-refractivity contribution >= 4 is 22.0 Å². The van der Waals surface area contributed by atoms with E-state index in [9.17, 15) is 23.1 Å². The van der Waals surface area contributed by atoms with E-state index in [2.05, 4.69) is 5.32 Å². The van der Waals surface area contributed by atoms with E-state index in [1.165, 1.54) is 6.07 Å². The average Bonchev–Trinajstić information content (AvgIpc) is 2.89. The minimum absolute atomic E-state index is 0.0176.